The number of fused-ring (bicyclic) bond motifs is 1. The zero-order valence-corrected chi connectivity index (χ0v) is 25.6. The molecule has 0 atom stereocenters. The molecule has 2 fully saturated rings. The molecular weight excluding hydrogens is 552 g/mol. The smallest absolute Gasteiger partial charge is 0.322 e. The van der Waals surface area contributed by atoms with Crippen molar-refractivity contribution in [2.45, 2.75) is 44.7 Å². The van der Waals surface area contributed by atoms with E-state index in [0.717, 1.165) is 75.5 Å². The number of para-hydroxylation sites is 1. The molecule has 2 saturated heterocycles. The average molecular weight is 595 g/mol. The lowest BCUT2D eigenvalue weighted by Gasteiger charge is -2.40. The minimum atomic E-state index is -0.0772. The summed E-state index contributed by atoms with van der Waals surface area (Å²) in [6.45, 7) is 7.80. The SMILES string of the molecule is CN(C)CCCN1CCN(c2ccc(C(=O)CCC(=O)N3CCC(N4Cc5ccccc5NC4=O)CC3)cc2Cl)CC1. The number of amides is 3. The number of piperidine rings is 1. The van der Waals surface area contributed by atoms with Gasteiger partial charge < -0.3 is 24.9 Å². The third-order valence-corrected chi connectivity index (χ3v) is 9.05. The Bertz CT molecular complexity index is 1270. The first-order chi connectivity index (χ1) is 20.3. The van der Waals surface area contributed by atoms with Gasteiger partial charge in [-0.3, -0.25) is 14.5 Å². The van der Waals surface area contributed by atoms with Gasteiger partial charge in [0.15, 0.2) is 5.78 Å². The summed E-state index contributed by atoms with van der Waals surface area (Å²) in [7, 11) is 4.21. The quantitative estimate of drug-likeness (QED) is 0.411. The largest absolute Gasteiger partial charge is 0.368 e. The molecule has 0 aromatic heterocycles. The number of nitrogens with zero attached hydrogens (tertiary/aromatic N) is 5. The Morgan fingerprint density at radius 2 is 1.71 bits per heavy atom. The van der Waals surface area contributed by atoms with Crippen LogP contribution in [-0.4, -0.2) is 110 Å². The lowest BCUT2D eigenvalue weighted by molar-refractivity contribution is -0.132. The van der Waals surface area contributed by atoms with Crippen LogP contribution in [0.3, 0.4) is 0 Å². The molecule has 0 radical (unpaired) electrons. The molecule has 0 spiro atoms. The highest BCUT2D eigenvalue weighted by Crippen LogP contribution is 2.30. The van der Waals surface area contributed by atoms with Crippen molar-refractivity contribution < 1.29 is 14.4 Å². The van der Waals surface area contributed by atoms with Crippen LogP contribution in [-0.2, 0) is 11.3 Å². The van der Waals surface area contributed by atoms with Gasteiger partial charge >= 0.3 is 6.03 Å². The van der Waals surface area contributed by atoms with Crippen LogP contribution in [0.25, 0.3) is 0 Å². The van der Waals surface area contributed by atoms with Crippen LogP contribution in [0.4, 0.5) is 16.2 Å². The van der Waals surface area contributed by atoms with Crippen LogP contribution in [0.5, 0.6) is 0 Å². The van der Waals surface area contributed by atoms with Crippen molar-refractivity contribution in [3.63, 3.8) is 0 Å². The number of ketones is 1. The fraction of sp³-hybridized carbons (Fsp3) is 0.531. The highest BCUT2D eigenvalue weighted by molar-refractivity contribution is 6.33. The Balaban J connectivity index is 1.05. The number of urea groups is 1. The van der Waals surface area contributed by atoms with Gasteiger partial charge in [0, 0.05) is 75.9 Å². The van der Waals surface area contributed by atoms with Gasteiger partial charge in [-0.2, -0.15) is 0 Å². The molecule has 10 heteroatoms. The van der Waals surface area contributed by atoms with Gasteiger partial charge in [-0.25, -0.2) is 4.79 Å². The first kappa shape index (κ1) is 30.3. The van der Waals surface area contributed by atoms with Crippen LogP contribution < -0.4 is 10.2 Å². The number of hydrogen-bond donors (Lipinski definition) is 1. The van der Waals surface area contributed by atoms with Gasteiger partial charge in [0.05, 0.1) is 10.7 Å². The van der Waals surface area contributed by atoms with Crippen LogP contribution >= 0.6 is 11.6 Å². The maximum atomic E-state index is 13.0. The number of carbonyl (C=O) groups excluding carboxylic acids is 3. The lowest BCUT2D eigenvalue weighted by atomic mass is 10.00. The molecule has 0 bridgehead atoms. The third-order valence-electron chi connectivity index (χ3n) is 8.75. The van der Waals surface area contributed by atoms with Crippen molar-refractivity contribution in [3.8, 4) is 0 Å². The minimum Gasteiger partial charge on any atom is -0.368 e. The van der Waals surface area contributed by atoms with Gasteiger partial charge in [0.1, 0.15) is 0 Å². The van der Waals surface area contributed by atoms with Crippen LogP contribution in [0.1, 0.15) is 48.0 Å². The molecule has 0 unspecified atom stereocenters. The van der Waals surface area contributed by atoms with E-state index < -0.39 is 0 Å². The zero-order valence-electron chi connectivity index (χ0n) is 24.9. The maximum Gasteiger partial charge on any atom is 0.322 e. The van der Waals surface area contributed by atoms with Crippen molar-refractivity contribution in [2.75, 3.05) is 76.7 Å². The second-order valence-electron chi connectivity index (χ2n) is 11.9. The van der Waals surface area contributed by atoms with Crippen molar-refractivity contribution in [1.82, 2.24) is 19.6 Å². The van der Waals surface area contributed by atoms with E-state index >= 15 is 0 Å². The van der Waals surface area contributed by atoms with Gasteiger partial charge in [-0.05, 0) is 76.3 Å². The molecule has 3 aliphatic rings. The number of hydrogen-bond acceptors (Lipinski definition) is 6. The number of carbonyl (C=O) groups is 3. The number of halogens is 1. The van der Waals surface area contributed by atoms with E-state index in [1.165, 1.54) is 0 Å². The fourth-order valence-electron chi connectivity index (χ4n) is 6.23. The molecule has 2 aromatic carbocycles. The number of nitrogens with one attached hydrogen (secondary N) is 1. The summed E-state index contributed by atoms with van der Waals surface area (Å²) in [6.07, 6.45) is 2.97. The molecule has 226 valence electrons. The number of rotatable bonds is 10. The van der Waals surface area contributed by atoms with Crippen LogP contribution in [0.15, 0.2) is 42.5 Å². The summed E-state index contributed by atoms with van der Waals surface area (Å²) in [5.41, 5.74) is 3.49. The number of Topliss-reactive ketones (excluding diaryl/α,β-unsaturated/α-hetero) is 1. The third kappa shape index (κ3) is 7.43. The van der Waals surface area contributed by atoms with E-state index in [1.54, 1.807) is 6.07 Å². The normalized spacial score (nSPS) is 18.3. The number of likely N-dealkylation sites (tertiary alicyclic amines) is 1. The predicted molar refractivity (Wildman–Crippen MR) is 167 cm³/mol. The second kappa shape index (κ2) is 13.9. The first-order valence-electron chi connectivity index (χ1n) is 15.2. The number of piperazine rings is 1. The number of benzene rings is 2. The standard InChI is InChI=1S/C32H43ClN6O3/c1-35(2)14-5-15-36-18-20-37(21-19-36)29-9-8-24(22-27(29)33)30(40)10-11-31(41)38-16-12-26(13-17-38)39-23-25-6-3-4-7-28(25)34-32(39)42/h3-4,6-9,22,26H,5,10-21,23H2,1-2H3,(H,34,42). The van der Waals surface area contributed by atoms with Gasteiger partial charge in [-0.1, -0.05) is 29.8 Å². The summed E-state index contributed by atoms with van der Waals surface area (Å²) in [6, 6.07) is 13.4. The molecule has 2 aromatic rings. The van der Waals surface area contributed by atoms with E-state index in [-0.39, 0.29) is 36.6 Å². The molecule has 42 heavy (non-hydrogen) atoms. The Kier molecular flexibility index (Phi) is 10.0. The van der Waals surface area contributed by atoms with Gasteiger partial charge in [0.2, 0.25) is 5.91 Å². The molecule has 0 aliphatic carbocycles. The molecule has 0 saturated carbocycles. The maximum absolute atomic E-state index is 13.0. The molecule has 1 N–H and O–H groups in total. The minimum absolute atomic E-state index is 0.0126. The van der Waals surface area contributed by atoms with E-state index in [0.29, 0.717) is 30.2 Å². The van der Waals surface area contributed by atoms with Crippen molar-refractivity contribution >= 4 is 40.7 Å². The van der Waals surface area contributed by atoms with E-state index in [2.05, 4.69) is 34.1 Å². The fourth-order valence-corrected chi connectivity index (χ4v) is 6.53. The predicted octanol–water partition coefficient (Wildman–Crippen LogP) is 4.42. The van der Waals surface area contributed by atoms with E-state index in [1.807, 2.05) is 46.2 Å². The summed E-state index contributed by atoms with van der Waals surface area (Å²) in [5.74, 6) is -0.0811. The molecule has 5 rings (SSSR count). The van der Waals surface area contributed by atoms with Gasteiger partial charge in [0.25, 0.3) is 0 Å². The van der Waals surface area contributed by atoms with E-state index in [9.17, 15) is 14.4 Å². The summed E-state index contributed by atoms with van der Waals surface area (Å²) in [4.78, 5) is 49.3. The second-order valence-corrected chi connectivity index (χ2v) is 12.3. The molecule has 9 nitrogen and oxygen atoms in total. The first-order valence-corrected chi connectivity index (χ1v) is 15.5. The van der Waals surface area contributed by atoms with Crippen molar-refractivity contribution in [3.05, 3.63) is 58.6 Å². The highest BCUT2D eigenvalue weighted by Gasteiger charge is 2.32. The van der Waals surface area contributed by atoms with Crippen molar-refractivity contribution in [1.29, 1.82) is 0 Å². The van der Waals surface area contributed by atoms with Gasteiger partial charge in [-0.15, -0.1) is 0 Å². The summed E-state index contributed by atoms with van der Waals surface area (Å²) in [5, 5.41) is 3.56. The summed E-state index contributed by atoms with van der Waals surface area (Å²) >= 11 is 6.64. The topological polar surface area (TPSA) is 79.4 Å². The van der Waals surface area contributed by atoms with Crippen molar-refractivity contribution in [2.24, 2.45) is 0 Å². The Morgan fingerprint density at radius 3 is 2.43 bits per heavy atom. The Morgan fingerprint density at radius 1 is 0.976 bits per heavy atom. The van der Waals surface area contributed by atoms with Crippen LogP contribution in [0, 0.1) is 0 Å². The molecule has 3 heterocycles. The Labute approximate surface area is 254 Å². The molecule has 3 amide bonds. The summed E-state index contributed by atoms with van der Waals surface area (Å²) < 4.78 is 0. The van der Waals surface area contributed by atoms with E-state index in [4.69, 9.17) is 11.6 Å². The zero-order chi connectivity index (χ0) is 29.6. The molecule has 3 aliphatic heterocycles. The highest BCUT2D eigenvalue weighted by atomic mass is 35.5. The van der Waals surface area contributed by atoms with Crippen LogP contribution in [0.2, 0.25) is 5.02 Å². The monoisotopic (exact) mass is 594 g/mol. The lowest BCUT2D eigenvalue weighted by Crippen LogP contribution is -2.51. The average Bonchev–Trinajstić information content (AvgIpc) is 2.99. The Hall–Kier alpha value is -3.14. The molecular formula is C32H43ClN6O3. The number of anilines is 2.